The van der Waals surface area contributed by atoms with E-state index in [4.69, 9.17) is 14.2 Å². The molecule has 0 aliphatic carbocycles. The summed E-state index contributed by atoms with van der Waals surface area (Å²) < 4.78 is 15.7. The molecule has 300 valence electrons. The van der Waals surface area contributed by atoms with Gasteiger partial charge in [-0.3, -0.25) is 0 Å². The Morgan fingerprint density at radius 1 is 0.381 bits per heavy atom. The molecule has 0 amide bonds. The highest BCUT2D eigenvalue weighted by molar-refractivity contribution is 6.17. The summed E-state index contributed by atoms with van der Waals surface area (Å²) in [7, 11) is 0. The highest BCUT2D eigenvalue weighted by Gasteiger charge is 2.23. The van der Waals surface area contributed by atoms with Gasteiger partial charge in [0.05, 0.1) is 17.2 Å². The lowest BCUT2D eigenvalue weighted by Crippen LogP contribution is -2.44. The van der Waals surface area contributed by atoms with Gasteiger partial charge in [0.25, 0.3) is 0 Å². The van der Waals surface area contributed by atoms with Gasteiger partial charge >= 0.3 is 0 Å². The molecule has 6 heteroatoms. The third kappa shape index (κ3) is 5.92. The number of para-hydroxylation sites is 1. The molecule has 0 saturated carbocycles. The van der Waals surface area contributed by atoms with Gasteiger partial charge in [0.15, 0.2) is 0 Å². The van der Waals surface area contributed by atoms with Crippen molar-refractivity contribution in [2.75, 3.05) is 0 Å². The zero-order valence-electron chi connectivity index (χ0n) is 34.1. The van der Waals surface area contributed by atoms with Crippen molar-refractivity contribution in [3.05, 3.63) is 228 Å². The van der Waals surface area contributed by atoms with Crippen LogP contribution in [0.3, 0.4) is 0 Å². The fraction of sp³-hybridized carbons (Fsp3) is 0.0526. The number of fused-ring (bicyclic) bond motifs is 9. The van der Waals surface area contributed by atoms with Crippen molar-refractivity contribution >= 4 is 65.7 Å². The average molecular weight is 812 g/mol. The van der Waals surface area contributed by atoms with Gasteiger partial charge in [0.1, 0.15) is 22.3 Å². The maximum Gasteiger partial charge on any atom is 0.136 e. The van der Waals surface area contributed by atoms with Crippen LogP contribution in [0.5, 0.6) is 0 Å². The number of furan rings is 2. The first-order valence-electron chi connectivity index (χ1n) is 21.5. The van der Waals surface area contributed by atoms with Crippen LogP contribution in [-0.4, -0.2) is 4.57 Å². The molecule has 12 aromatic rings. The van der Waals surface area contributed by atoms with E-state index in [9.17, 15) is 0 Å². The van der Waals surface area contributed by atoms with E-state index in [2.05, 4.69) is 209 Å². The number of hydrogen-bond donors (Lipinski definition) is 2. The average Bonchev–Trinajstić information content (AvgIpc) is 4.03. The number of aromatic nitrogens is 1. The van der Waals surface area contributed by atoms with Crippen molar-refractivity contribution in [2.24, 2.45) is 0 Å². The minimum Gasteiger partial charge on any atom is -0.624 e. The summed E-state index contributed by atoms with van der Waals surface area (Å²) in [6.45, 7) is 0. The van der Waals surface area contributed by atoms with Crippen molar-refractivity contribution in [2.45, 2.75) is 18.5 Å². The lowest BCUT2D eigenvalue weighted by atomic mass is 9.98. The van der Waals surface area contributed by atoms with Crippen molar-refractivity contribution in [1.29, 1.82) is 0 Å². The van der Waals surface area contributed by atoms with E-state index >= 15 is 0 Å². The van der Waals surface area contributed by atoms with Gasteiger partial charge in [0.2, 0.25) is 0 Å². The van der Waals surface area contributed by atoms with E-state index in [-0.39, 0.29) is 18.5 Å². The summed E-state index contributed by atoms with van der Waals surface area (Å²) >= 11 is 0. The molecule has 1 aliphatic rings. The fourth-order valence-corrected chi connectivity index (χ4v) is 9.92. The number of nitrogens with one attached hydrogen (secondary N) is 2. The maximum atomic E-state index is 6.73. The molecule has 0 radical (unpaired) electrons. The topological polar surface area (TPSA) is 69.4 Å². The van der Waals surface area contributed by atoms with Gasteiger partial charge in [-0.25, -0.2) is 0 Å². The van der Waals surface area contributed by atoms with Gasteiger partial charge in [0, 0.05) is 38.0 Å². The summed E-state index contributed by atoms with van der Waals surface area (Å²) in [5, 5.41) is 19.5. The second-order valence-corrected chi connectivity index (χ2v) is 16.5. The molecule has 1 aliphatic heterocycles. The molecule has 3 aromatic heterocycles. The van der Waals surface area contributed by atoms with Crippen LogP contribution in [0.1, 0.15) is 35.2 Å². The minimum atomic E-state index is -0.250. The Kier molecular flexibility index (Phi) is 8.24. The van der Waals surface area contributed by atoms with Crippen LogP contribution in [0.15, 0.2) is 215 Å². The van der Waals surface area contributed by atoms with Gasteiger partial charge in [-0.05, 0) is 88.0 Å². The van der Waals surface area contributed by atoms with Gasteiger partial charge < -0.3 is 29.4 Å². The van der Waals surface area contributed by atoms with E-state index < -0.39 is 0 Å². The van der Waals surface area contributed by atoms with Gasteiger partial charge in [-0.1, -0.05) is 170 Å². The molecule has 0 bridgehead atoms. The van der Waals surface area contributed by atoms with E-state index in [0.717, 1.165) is 77.4 Å². The van der Waals surface area contributed by atoms with Gasteiger partial charge in [-0.2, -0.15) is 0 Å². The first-order chi connectivity index (χ1) is 31.2. The lowest BCUT2D eigenvalue weighted by molar-refractivity contribution is 0.316. The molecule has 0 spiro atoms. The van der Waals surface area contributed by atoms with Crippen LogP contribution in [0.25, 0.3) is 98.9 Å². The Morgan fingerprint density at radius 3 is 1.83 bits per heavy atom. The Hall–Kier alpha value is -7.74. The lowest BCUT2D eigenvalue weighted by Gasteiger charge is -2.50. The van der Waals surface area contributed by atoms with E-state index in [1.165, 1.54) is 32.9 Å². The predicted molar refractivity (Wildman–Crippen MR) is 257 cm³/mol. The molecule has 13 rings (SSSR count). The molecular formula is C57H39N4O2-. The molecule has 3 atom stereocenters. The predicted octanol–water partition coefficient (Wildman–Crippen LogP) is 14.9. The Morgan fingerprint density at radius 2 is 1.02 bits per heavy atom. The number of nitrogens with zero attached hydrogens (tertiary/aromatic N) is 2. The standard InChI is InChI=1S/C57H39N4O2/c1-4-14-35(15-5-1)41-21-12-24-48-53(41)45-20-10-11-23-47(45)61(48)40-28-31-49-46(34-40)54-42(22-13-25-50(54)62-49)38-26-29-43-44-30-27-39(33-52(44)63-51(43)32-38)57-59-55(36-16-6-2-7-17-36)58-56(60-57)37-18-8-3-9-19-37/h1-34,55-59H/q-1. The first kappa shape index (κ1) is 36.0. The zero-order chi connectivity index (χ0) is 41.4. The third-order valence-corrected chi connectivity index (χ3v) is 12.8. The molecular weight excluding hydrogens is 773 g/mol. The van der Waals surface area contributed by atoms with Crippen LogP contribution in [0.4, 0.5) is 0 Å². The number of rotatable bonds is 6. The van der Waals surface area contributed by atoms with Crippen LogP contribution >= 0.6 is 0 Å². The highest BCUT2D eigenvalue weighted by atomic mass is 16.3. The van der Waals surface area contributed by atoms with Crippen molar-refractivity contribution in [3.63, 3.8) is 0 Å². The van der Waals surface area contributed by atoms with E-state index in [1.54, 1.807) is 0 Å². The summed E-state index contributed by atoms with van der Waals surface area (Å²) in [6, 6.07) is 72.9. The molecule has 4 heterocycles. The molecule has 9 aromatic carbocycles. The highest BCUT2D eigenvalue weighted by Crippen LogP contribution is 2.44. The second kappa shape index (κ2) is 14.4. The second-order valence-electron chi connectivity index (χ2n) is 16.5. The monoisotopic (exact) mass is 811 g/mol. The summed E-state index contributed by atoms with van der Waals surface area (Å²) in [5.74, 6) is 0. The largest absolute Gasteiger partial charge is 0.624 e. The molecule has 2 N–H and O–H groups in total. The van der Waals surface area contributed by atoms with Crippen LogP contribution in [0, 0.1) is 0 Å². The van der Waals surface area contributed by atoms with Crippen LogP contribution < -0.4 is 10.6 Å². The maximum absolute atomic E-state index is 6.73. The smallest absolute Gasteiger partial charge is 0.136 e. The Balaban J connectivity index is 0.901. The van der Waals surface area contributed by atoms with E-state index in [1.807, 2.05) is 12.1 Å². The number of hydrogen-bond acceptors (Lipinski definition) is 4. The molecule has 6 nitrogen and oxygen atoms in total. The van der Waals surface area contributed by atoms with Gasteiger partial charge in [-0.15, -0.1) is 0 Å². The fourth-order valence-electron chi connectivity index (χ4n) is 9.92. The SMILES string of the molecule is c1ccc(-c2cccc3c2c2ccccc2n3-c2ccc3oc4cccc(-c5ccc6c(c5)oc5cc(C7[N-]C(c8ccccc8)NC(c8ccccc8)N7)ccc56)c4c3c2)cc1. The Labute approximate surface area is 363 Å². The van der Waals surface area contributed by atoms with Crippen molar-refractivity contribution in [1.82, 2.24) is 15.2 Å². The molecule has 1 fully saturated rings. The van der Waals surface area contributed by atoms with E-state index in [0.29, 0.717) is 0 Å². The summed E-state index contributed by atoms with van der Waals surface area (Å²) in [6.07, 6.45) is -0.510. The van der Waals surface area contributed by atoms with Crippen molar-refractivity contribution in [3.8, 4) is 27.9 Å². The summed E-state index contributed by atoms with van der Waals surface area (Å²) in [5.41, 5.74) is 14.7. The Bertz CT molecular complexity index is 3630. The van der Waals surface area contributed by atoms with Crippen molar-refractivity contribution < 1.29 is 8.83 Å². The molecule has 3 unspecified atom stereocenters. The molecule has 63 heavy (non-hydrogen) atoms. The molecule has 1 saturated heterocycles. The first-order valence-corrected chi connectivity index (χ1v) is 21.5. The summed E-state index contributed by atoms with van der Waals surface area (Å²) in [4.78, 5) is 0. The van der Waals surface area contributed by atoms with Crippen LogP contribution in [-0.2, 0) is 0 Å². The quantitative estimate of drug-likeness (QED) is 0.175. The zero-order valence-corrected chi connectivity index (χ0v) is 34.1. The normalized spacial score (nSPS) is 16.9. The van der Waals surface area contributed by atoms with Crippen LogP contribution in [0.2, 0.25) is 0 Å². The number of benzene rings is 9. The third-order valence-electron chi connectivity index (χ3n) is 12.8. The minimum absolute atomic E-state index is 0.0832.